The molecule has 2 rings (SSSR count). The first-order chi connectivity index (χ1) is 8.19. The summed E-state index contributed by atoms with van der Waals surface area (Å²) < 4.78 is 4.58. The van der Waals surface area contributed by atoms with Gasteiger partial charge in [-0.15, -0.1) is 0 Å². The zero-order valence-corrected chi connectivity index (χ0v) is 9.23. The van der Waals surface area contributed by atoms with Gasteiger partial charge in [0.1, 0.15) is 17.2 Å². The van der Waals surface area contributed by atoms with Crippen molar-refractivity contribution in [3.8, 4) is 0 Å². The lowest BCUT2D eigenvalue weighted by Gasteiger charge is -2.04. The minimum atomic E-state index is -0.389. The Morgan fingerprint density at radius 2 is 2.24 bits per heavy atom. The number of carbonyl (C=O) groups is 1. The summed E-state index contributed by atoms with van der Waals surface area (Å²) in [6.07, 6.45) is 1.35. The average Bonchev–Trinajstić information content (AvgIpc) is 2.81. The average molecular weight is 254 g/mol. The summed E-state index contributed by atoms with van der Waals surface area (Å²) in [6.45, 7) is 0. The smallest absolute Gasteiger partial charge is 0.257 e. The maximum absolute atomic E-state index is 11.8. The van der Waals surface area contributed by atoms with Crippen molar-refractivity contribution >= 4 is 29.1 Å². The Morgan fingerprint density at radius 3 is 2.88 bits per heavy atom. The highest BCUT2D eigenvalue weighted by atomic mass is 35.5. The van der Waals surface area contributed by atoms with Crippen LogP contribution >= 0.6 is 11.6 Å². The molecule has 0 spiro atoms. The number of nitrogens with zero attached hydrogens (tertiary/aromatic N) is 2. The van der Waals surface area contributed by atoms with Crippen molar-refractivity contribution in [2.24, 2.45) is 5.84 Å². The number of anilines is 2. The summed E-state index contributed by atoms with van der Waals surface area (Å²) in [5.41, 5.74) is 2.62. The van der Waals surface area contributed by atoms with Crippen LogP contribution in [0.15, 0.2) is 29.0 Å². The number of carbonyl (C=O) groups excluding carboxylic acids is 1. The summed E-state index contributed by atoms with van der Waals surface area (Å²) in [6, 6.07) is 4.39. The van der Waals surface area contributed by atoms with Gasteiger partial charge in [0.2, 0.25) is 0 Å². The number of hydrogen-bond donors (Lipinski definition) is 3. The molecule has 1 amide bonds. The number of halogens is 1. The van der Waals surface area contributed by atoms with E-state index in [2.05, 4.69) is 25.4 Å². The van der Waals surface area contributed by atoms with Crippen LogP contribution in [0.2, 0.25) is 5.15 Å². The molecule has 4 N–H and O–H groups in total. The molecule has 0 aromatic carbocycles. The zero-order chi connectivity index (χ0) is 12.3. The van der Waals surface area contributed by atoms with Crippen molar-refractivity contribution in [2.75, 3.05) is 10.7 Å². The molecule has 0 aliphatic rings. The van der Waals surface area contributed by atoms with Crippen LogP contribution in [0.5, 0.6) is 0 Å². The van der Waals surface area contributed by atoms with E-state index < -0.39 is 0 Å². The minimum Gasteiger partial charge on any atom is -0.363 e. The third-order valence-electron chi connectivity index (χ3n) is 1.88. The fourth-order valence-electron chi connectivity index (χ4n) is 1.17. The molecule has 0 saturated carbocycles. The molecule has 0 aliphatic carbocycles. The molecule has 0 aliphatic heterocycles. The van der Waals surface area contributed by atoms with Crippen LogP contribution in [0.3, 0.4) is 0 Å². The van der Waals surface area contributed by atoms with Gasteiger partial charge in [0.15, 0.2) is 5.82 Å². The molecule has 0 atom stereocenters. The fourth-order valence-corrected chi connectivity index (χ4v) is 1.38. The normalized spacial score (nSPS) is 10.0. The quantitative estimate of drug-likeness (QED) is 0.432. The van der Waals surface area contributed by atoms with Gasteiger partial charge in [-0.2, -0.15) is 0 Å². The summed E-state index contributed by atoms with van der Waals surface area (Å²) in [5.74, 6) is 5.41. The summed E-state index contributed by atoms with van der Waals surface area (Å²) in [7, 11) is 0. The van der Waals surface area contributed by atoms with Crippen LogP contribution in [0.4, 0.5) is 11.6 Å². The molecule has 0 bridgehead atoms. The number of nitrogen functional groups attached to an aromatic ring is 1. The van der Waals surface area contributed by atoms with Crippen molar-refractivity contribution in [1.29, 1.82) is 0 Å². The van der Waals surface area contributed by atoms with Crippen molar-refractivity contribution in [3.63, 3.8) is 0 Å². The highest BCUT2D eigenvalue weighted by Crippen LogP contribution is 2.15. The summed E-state index contributed by atoms with van der Waals surface area (Å²) in [5, 5.41) is 6.23. The number of nitrogens with one attached hydrogen (secondary N) is 2. The predicted octanol–water partition coefficient (Wildman–Crippen LogP) is 1.26. The van der Waals surface area contributed by atoms with Crippen molar-refractivity contribution in [1.82, 2.24) is 10.1 Å². The first-order valence-corrected chi connectivity index (χ1v) is 4.93. The van der Waals surface area contributed by atoms with Crippen LogP contribution in [0, 0.1) is 0 Å². The molecule has 8 heteroatoms. The Balaban J connectivity index is 2.21. The van der Waals surface area contributed by atoms with Gasteiger partial charge in [0.05, 0.1) is 0 Å². The second-order valence-corrected chi connectivity index (χ2v) is 3.43. The highest BCUT2D eigenvalue weighted by molar-refractivity contribution is 6.30. The van der Waals surface area contributed by atoms with Gasteiger partial charge < -0.3 is 15.3 Å². The number of nitrogens with two attached hydrogens (primary N) is 1. The van der Waals surface area contributed by atoms with Gasteiger partial charge in [0, 0.05) is 11.6 Å². The Kier molecular flexibility index (Phi) is 3.22. The van der Waals surface area contributed by atoms with E-state index in [9.17, 15) is 4.79 Å². The van der Waals surface area contributed by atoms with Gasteiger partial charge in [0.25, 0.3) is 5.91 Å². The standard InChI is InChI=1S/C9H8ClN5O2/c10-6-3-5(4-8(12-6)14-11)9(16)13-7-1-2-17-15-7/h1-4H,11H2,(H,12,14)(H,13,15,16). The van der Waals surface area contributed by atoms with Crippen molar-refractivity contribution in [2.45, 2.75) is 0 Å². The van der Waals surface area contributed by atoms with Gasteiger partial charge in [-0.25, -0.2) is 10.8 Å². The Hall–Kier alpha value is -2.12. The molecule has 2 aromatic rings. The fraction of sp³-hybridized carbons (Fsp3) is 0. The van der Waals surface area contributed by atoms with Crippen LogP contribution in [0.25, 0.3) is 0 Å². The summed E-state index contributed by atoms with van der Waals surface area (Å²) >= 11 is 5.73. The van der Waals surface area contributed by atoms with Gasteiger partial charge in [-0.1, -0.05) is 16.8 Å². The predicted molar refractivity (Wildman–Crippen MR) is 61.5 cm³/mol. The molecular formula is C9H8ClN5O2. The third-order valence-corrected chi connectivity index (χ3v) is 2.08. The molecule has 7 nitrogen and oxygen atoms in total. The van der Waals surface area contributed by atoms with E-state index in [0.717, 1.165) is 0 Å². The largest absolute Gasteiger partial charge is 0.363 e. The molecule has 0 unspecified atom stereocenters. The number of pyridine rings is 1. The minimum absolute atomic E-state index is 0.158. The van der Waals surface area contributed by atoms with Crippen molar-refractivity contribution in [3.05, 3.63) is 35.2 Å². The molecular weight excluding hydrogens is 246 g/mol. The zero-order valence-electron chi connectivity index (χ0n) is 8.48. The first kappa shape index (κ1) is 11.4. The second-order valence-electron chi connectivity index (χ2n) is 3.05. The lowest BCUT2D eigenvalue weighted by Crippen LogP contribution is -2.14. The van der Waals surface area contributed by atoms with Gasteiger partial charge in [-0.3, -0.25) is 4.79 Å². The van der Waals surface area contributed by atoms with Crippen LogP contribution in [0.1, 0.15) is 10.4 Å². The van der Waals surface area contributed by atoms with E-state index in [1.54, 1.807) is 0 Å². The number of aromatic nitrogens is 2. The Labute approximate surface area is 101 Å². The molecule has 0 fully saturated rings. The van der Waals surface area contributed by atoms with E-state index >= 15 is 0 Å². The van der Waals surface area contributed by atoms with E-state index in [4.69, 9.17) is 17.4 Å². The van der Waals surface area contributed by atoms with E-state index in [-0.39, 0.29) is 11.1 Å². The Bertz CT molecular complexity index is 528. The van der Waals surface area contributed by atoms with E-state index in [1.807, 2.05) is 0 Å². The summed E-state index contributed by atoms with van der Waals surface area (Å²) in [4.78, 5) is 15.6. The van der Waals surface area contributed by atoms with Gasteiger partial charge >= 0.3 is 0 Å². The van der Waals surface area contributed by atoms with Crippen LogP contribution < -0.4 is 16.6 Å². The number of amides is 1. The van der Waals surface area contributed by atoms with Crippen LogP contribution in [-0.4, -0.2) is 16.0 Å². The maximum atomic E-state index is 11.8. The molecule has 0 saturated heterocycles. The van der Waals surface area contributed by atoms with Gasteiger partial charge in [-0.05, 0) is 12.1 Å². The molecule has 88 valence electrons. The lowest BCUT2D eigenvalue weighted by atomic mass is 10.2. The first-order valence-electron chi connectivity index (χ1n) is 4.55. The maximum Gasteiger partial charge on any atom is 0.257 e. The van der Waals surface area contributed by atoms with E-state index in [1.165, 1.54) is 24.5 Å². The number of hydrazine groups is 1. The molecule has 2 aromatic heterocycles. The SMILES string of the molecule is NNc1cc(C(=O)Nc2ccon2)cc(Cl)n1. The number of rotatable bonds is 3. The highest BCUT2D eigenvalue weighted by Gasteiger charge is 2.10. The molecule has 0 radical (unpaired) electrons. The van der Waals surface area contributed by atoms with Crippen LogP contribution in [-0.2, 0) is 0 Å². The molecule has 2 heterocycles. The monoisotopic (exact) mass is 253 g/mol. The molecule has 17 heavy (non-hydrogen) atoms. The number of hydrogen-bond acceptors (Lipinski definition) is 6. The topological polar surface area (TPSA) is 106 Å². The van der Waals surface area contributed by atoms with Crippen molar-refractivity contribution < 1.29 is 9.32 Å². The second kappa shape index (κ2) is 4.81. The lowest BCUT2D eigenvalue weighted by molar-refractivity contribution is 0.102. The van der Waals surface area contributed by atoms with E-state index in [0.29, 0.717) is 17.2 Å². The third kappa shape index (κ3) is 2.71. The Morgan fingerprint density at radius 1 is 1.41 bits per heavy atom.